The van der Waals surface area contributed by atoms with Crippen LogP contribution in [0.15, 0.2) is 71.3 Å². The van der Waals surface area contributed by atoms with Crippen LogP contribution in [0, 0.1) is 13.8 Å². The Balaban J connectivity index is 2.36. The number of hydrogen-bond donors (Lipinski definition) is 0. The van der Waals surface area contributed by atoms with E-state index in [9.17, 15) is 0 Å². The van der Waals surface area contributed by atoms with Crippen LogP contribution in [0.5, 0.6) is 0 Å². The van der Waals surface area contributed by atoms with Gasteiger partial charge in [-0.3, -0.25) is 0 Å². The Labute approximate surface area is 154 Å². The van der Waals surface area contributed by atoms with E-state index in [1.807, 2.05) is 0 Å². The van der Waals surface area contributed by atoms with Crippen LogP contribution in [0.1, 0.15) is 38.8 Å². The van der Waals surface area contributed by atoms with Crippen LogP contribution in [0.25, 0.3) is 0 Å². The molecular weight excluding hydrogens is 316 g/mol. The molecule has 2 aromatic carbocycles. The summed E-state index contributed by atoms with van der Waals surface area (Å²) in [5, 5.41) is 3.18. The highest BCUT2D eigenvalue weighted by Gasteiger charge is 2.51. The summed E-state index contributed by atoms with van der Waals surface area (Å²) in [5.41, 5.74) is 7.24. The molecule has 2 atom stereocenters. The summed E-state index contributed by atoms with van der Waals surface area (Å²) in [5.74, 6) is 0. The summed E-state index contributed by atoms with van der Waals surface area (Å²) in [6, 6.07) is 18.3. The van der Waals surface area contributed by atoms with Crippen molar-refractivity contribution in [3.8, 4) is 0 Å². The third-order valence-electron chi connectivity index (χ3n) is 6.75. The van der Waals surface area contributed by atoms with Gasteiger partial charge in [-0.1, -0.05) is 101 Å². The zero-order valence-electron chi connectivity index (χ0n) is 16.7. The molecule has 3 rings (SSSR count). The highest BCUT2D eigenvalue weighted by molar-refractivity contribution is 7.04. The van der Waals surface area contributed by atoms with Gasteiger partial charge in [0.1, 0.15) is 8.07 Å². The quantitative estimate of drug-likeness (QED) is 0.639. The molecule has 2 aromatic rings. The van der Waals surface area contributed by atoms with E-state index < -0.39 is 8.07 Å². The molecule has 1 heteroatoms. The smallest absolute Gasteiger partial charge is 0.0733 e. The van der Waals surface area contributed by atoms with Gasteiger partial charge in [0.2, 0.25) is 0 Å². The standard InChI is InChI=1S/C24H30Si/c1-17-13-14-23(18(2)15-17)25(7,22-11-9-8-10-12-22)24(6)16-19(3)20(4)21(24)5/h8-16H,1-7H3. The second-order valence-electron chi connectivity index (χ2n) is 8.09. The van der Waals surface area contributed by atoms with Crippen molar-refractivity contribution in [2.24, 2.45) is 0 Å². The van der Waals surface area contributed by atoms with Gasteiger partial charge in [0.25, 0.3) is 0 Å². The average molecular weight is 347 g/mol. The van der Waals surface area contributed by atoms with Crippen molar-refractivity contribution in [1.29, 1.82) is 0 Å². The van der Waals surface area contributed by atoms with Crippen LogP contribution < -0.4 is 10.4 Å². The molecule has 0 bridgehead atoms. The molecule has 1 aliphatic carbocycles. The van der Waals surface area contributed by atoms with Gasteiger partial charge in [-0.25, -0.2) is 0 Å². The van der Waals surface area contributed by atoms with E-state index in [2.05, 4.69) is 103 Å². The highest BCUT2D eigenvalue weighted by atomic mass is 28.3. The third-order valence-corrected chi connectivity index (χ3v) is 12.5. The Kier molecular flexibility index (Phi) is 4.41. The molecule has 0 amide bonds. The topological polar surface area (TPSA) is 0 Å². The first-order valence-electron chi connectivity index (χ1n) is 9.23. The van der Waals surface area contributed by atoms with E-state index in [0.29, 0.717) is 0 Å². The molecule has 0 radical (unpaired) electrons. The van der Waals surface area contributed by atoms with Crippen molar-refractivity contribution in [2.45, 2.75) is 53.1 Å². The normalized spacial score (nSPS) is 22.8. The van der Waals surface area contributed by atoms with Crippen LogP contribution in [0.2, 0.25) is 11.6 Å². The third kappa shape index (κ3) is 2.57. The van der Waals surface area contributed by atoms with Crippen molar-refractivity contribution in [3.05, 3.63) is 82.5 Å². The lowest BCUT2D eigenvalue weighted by atomic mass is 10.0. The lowest BCUT2D eigenvalue weighted by Gasteiger charge is -2.45. The Morgan fingerprint density at radius 3 is 2.00 bits per heavy atom. The van der Waals surface area contributed by atoms with Crippen molar-refractivity contribution in [2.75, 3.05) is 0 Å². The van der Waals surface area contributed by atoms with Gasteiger partial charge in [-0.2, -0.15) is 0 Å². The Bertz CT molecular complexity index is 872. The average Bonchev–Trinajstić information content (AvgIpc) is 2.79. The number of hydrogen-bond acceptors (Lipinski definition) is 0. The number of benzene rings is 2. The predicted molar refractivity (Wildman–Crippen MR) is 114 cm³/mol. The SMILES string of the molecule is CC1=CC(C)([Si](C)(c2ccccc2)c2ccc(C)cc2C)C(C)=C1C. The van der Waals surface area contributed by atoms with E-state index >= 15 is 0 Å². The van der Waals surface area contributed by atoms with Crippen molar-refractivity contribution in [3.63, 3.8) is 0 Å². The highest BCUT2D eigenvalue weighted by Crippen LogP contribution is 2.52. The van der Waals surface area contributed by atoms with Gasteiger partial charge in [0.05, 0.1) is 0 Å². The first-order chi connectivity index (χ1) is 11.7. The zero-order valence-corrected chi connectivity index (χ0v) is 17.7. The Morgan fingerprint density at radius 2 is 1.48 bits per heavy atom. The molecule has 0 heterocycles. The molecule has 0 spiro atoms. The number of allylic oxidation sites excluding steroid dienone is 4. The van der Waals surface area contributed by atoms with Gasteiger partial charge in [0.15, 0.2) is 0 Å². The lowest BCUT2D eigenvalue weighted by Crippen LogP contribution is -2.63. The van der Waals surface area contributed by atoms with Crippen LogP contribution in [0.3, 0.4) is 0 Å². The molecule has 0 saturated heterocycles. The molecule has 0 N–H and O–H groups in total. The van der Waals surface area contributed by atoms with E-state index in [1.54, 1.807) is 10.8 Å². The minimum absolute atomic E-state index is 0.0997. The first-order valence-corrected chi connectivity index (χ1v) is 11.7. The van der Waals surface area contributed by atoms with Gasteiger partial charge >= 0.3 is 0 Å². The second kappa shape index (κ2) is 6.14. The number of aryl methyl sites for hydroxylation is 2. The van der Waals surface area contributed by atoms with Crippen LogP contribution in [0.4, 0.5) is 0 Å². The summed E-state index contributed by atoms with van der Waals surface area (Å²) in [6.07, 6.45) is 2.55. The molecule has 0 aliphatic heterocycles. The van der Waals surface area contributed by atoms with Crippen molar-refractivity contribution in [1.82, 2.24) is 0 Å². The molecular formula is C24H30Si. The van der Waals surface area contributed by atoms with E-state index in [1.165, 1.54) is 27.5 Å². The molecule has 0 fully saturated rings. The van der Waals surface area contributed by atoms with Crippen LogP contribution in [-0.2, 0) is 0 Å². The van der Waals surface area contributed by atoms with E-state index in [-0.39, 0.29) is 5.04 Å². The van der Waals surface area contributed by atoms with Gasteiger partial charge in [0, 0.05) is 5.04 Å². The summed E-state index contributed by atoms with van der Waals surface area (Å²) in [6.45, 7) is 16.4. The van der Waals surface area contributed by atoms with Crippen molar-refractivity contribution < 1.29 is 0 Å². The molecule has 130 valence electrons. The molecule has 1 aliphatic rings. The zero-order chi connectivity index (χ0) is 18.4. The molecule has 0 nitrogen and oxygen atoms in total. The Hall–Kier alpha value is -1.86. The van der Waals surface area contributed by atoms with Crippen LogP contribution >= 0.6 is 0 Å². The largest absolute Gasteiger partial charge is 0.128 e. The minimum Gasteiger partial charge on any atom is -0.0733 e. The minimum atomic E-state index is -2.04. The number of rotatable bonds is 3. The molecule has 2 unspecified atom stereocenters. The van der Waals surface area contributed by atoms with Crippen LogP contribution in [-0.4, -0.2) is 8.07 Å². The molecule has 0 aromatic heterocycles. The maximum atomic E-state index is 2.56. The maximum Gasteiger partial charge on any atom is 0.128 e. The lowest BCUT2D eigenvalue weighted by molar-refractivity contribution is 0.864. The monoisotopic (exact) mass is 346 g/mol. The first kappa shape index (κ1) is 17.9. The van der Waals surface area contributed by atoms with Gasteiger partial charge < -0.3 is 0 Å². The van der Waals surface area contributed by atoms with Gasteiger partial charge in [-0.05, 0) is 40.2 Å². The van der Waals surface area contributed by atoms with E-state index in [4.69, 9.17) is 0 Å². The summed E-state index contributed by atoms with van der Waals surface area (Å²) in [4.78, 5) is 0. The fourth-order valence-electron chi connectivity index (χ4n) is 4.74. The predicted octanol–water partition coefficient (Wildman–Crippen LogP) is 5.55. The fourth-order valence-corrected chi connectivity index (χ4v) is 9.78. The fraction of sp³-hybridized carbons (Fsp3) is 0.333. The second-order valence-corrected chi connectivity index (χ2v) is 12.5. The Morgan fingerprint density at radius 1 is 0.840 bits per heavy atom. The molecule has 0 saturated carbocycles. The summed E-state index contributed by atoms with van der Waals surface area (Å²) < 4.78 is 0. The summed E-state index contributed by atoms with van der Waals surface area (Å²) in [7, 11) is -2.04. The summed E-state index contributed by atoms with van der Waals surface area (Å²) >= 11 is 0. The van der Waals surface area contributed by atoms with E-state index in [0.717, 1.165) is 0 Å². The maximum absolute atomic E-state index is 2.56. The molecule has 25 heavy (non-hydrogen) atoms. The van der Waals surface area contributed by atoms with Gasteiger partial charge in [-0.15, -0.1) is 0 Å². The van der Waals surface area contributed by atoms with Crippen molar-refractivity contribution >= 4 is 18.4 Å².